The van der Waals surface area contributed by atoms with E-state index < -0.39 is 11.6 Å². The molecular formula is C31H42ClNO3. The third-order valence-corrected chi connectivity index (χ3v) is 7.30. The summed E-state index contributed by atoms with van der Waals surface area (Å²) in [4.78, 5) is 11.6. The fourth-order valence-corrected chi connectivity index (χ4v) is 5.02. The van der Waals surface area contributed by atoms with Gasteiger partial charge in [0.25, 0.3) is 0 Å². The van der Waals surface area contributed by atoms with Crippen LogP contribution < -0.4 is 4.74 Å². The van der Waals surface area contributed by atoms with Gasteiger partial charge in [0.05, 0.1) is 0 Å². The zero-order valence-corrected chi connectivity index (χ0v) is 23.2. The number of benzene rings is 2. The number of hydrogen-bond donors (Lipinski definition) is 1. The Hall–Kier alpha value is -2.46. The lowest BCUT2D eigenvalue weighted by molar-refractivity contribution is -0.152. The van der Waals surface area contributed by atoms with Crippen LogP contribution >= 0.6 is 11.6 Å². The molecule has 2 aromatic carbocycles. The quantitative estimate of drug-likeness (QED) is 0.207. The van der Waals surface area contributed by atoms with Crippen molar-refractivity contribution in [3.8, 4) is 16.9 Å². The Labute approximate surface area is 221 Å². The summed E-state index contributed by atoms with van der Waals surface area (Å²) in [7, 11) is 0. The minimum atomic E-state index is -1.30. The van der Waals surface area contributed by atoms with E-state index in [4.69, 9.17) is 16.3 Å². The fraction of sp³-hybridized carbons (Fsp3) is 0.516. The molecule has 3 aromatic rings. The molecule has 0 saturated heterocycles. The second-order valence-electron chi connectivity index (χ2n) is 10.4. The maximum absolute atomic E-state index is 11.6. The summed E-state index contributed by atoms with van der Waals surface area (Å²) in [5.74, 6) is -0.434. The first-order valence-electron chi connectivity index (χ1n) is 13.6. The van der Waals surface area contributed by atoms with Crippen molar-refractivity contribution in [3.05, 3.63) is 53.2 Å². The zero-order valence-electron chi connectivity index (χ0n) is 22.4. The number of aliphatic carboxylic acids is 1. The van der Waals surface area contributed by atoms with Crippen molar-refractivity contribution in [1.82, 2.24) is 4.57 Å². The molecule has 0 aliphatic heterocycles. The number of nitrogens with zero attached hydrogens (tertiary/aromatic N) is 1. The Morgan fingerprint density at radius 3 is 2.08 bits per heavy atom. The molecule has 1 aromatic heterocycles. The van der Waals surface area contributed by atoms with E-state index >= 15 is 0 Å². The molecule has 1 heterocycles. The van der Waals surface area contributed by atoms with Crippen molar-refractivity contribution in [3.63, 3.8) is 0 Å². The predicted octanol–water partition coefficient (Wildman–Crippen LogP) is 9.43. The van der Waals surface area contributed by atoms with Crippen molar-refractivity contribution < 1.29 is 14.6 Å². The lowest BCUT2D eigenvalue weighted by Gasteiger charge is -2.21. The average Bonchev–Trinajstić information content (AvgIpc) is 3.11. The number of rotatable bonds is 15. The molecule has 0 amide bonds. The fourth-order valence-electron chi connectivity index (χ4n) is 4.89. The van der Waals surface area contributed by atoms with Crippen molar-refractivity contribution in [2.24, 2.45) is 0 Å². The molecule has 0 spiro atoms. The van der Waals surface area contributed by atoms with Gasteiger partial charge in [0.1, 0.15) is 5.75 Å². The third-order valence-electron chi connectivity index (χ3n) is 7.05. The largest absolute Gasteiger partial charge is 0.478 e. The zero-order chi connectivity index (χ0) is 26.1. The number of aryl methyl sites for hydroxylation is 1. The monoisotopic (exact) mass is 511 g/mol. The maximum Gasteiger partial charge on any atom is 0.347 e. The Morgan fingerprint density at radius 1 is 0.917 bits per heavy atom. The Morgan fingerprint density at radius 2 is 1.50 bits per heavy atom. The maximum atomic E-state index is 11.6. The Bertz CT molecular complexity index is 1130. The van der Waals surface area contributed by atoms with E-state index in [0.717, 1.165) is 35.0 Å². The summed E-state index contributed by atoms with van der Waals surface area (Å²) >= 11 is 6.16. The van der Waals surface area contributed by atoms with Crippen LogP contribution in [0.2, 0.25) is 5.02 Å². The molecule has 1 N–H and O–H groups in total. The molecule has 3 rings (SSSR count). The highest BCUT2D eigenvalue weighted by atomic mass is 35.5. The first-order chi connectivity index (χ1) is 17.2. The molecule has 0 bridgehead atoms. The van der Waals surface area contributed by atoms with Gasteiger partial charge in [0.2, 0.25) is 0 Å². The standard InChI is InChI=1S/C31H42ClNO3/c1-5-6-7-8-9-10-11-12-13-14-21-33-23(2)29(24-15-17-25(32)18-16-24)27-22-26(19-20-28(27)33)36-31(3,4)30(34)35/h15-20,22H,5-14,21H2,1-4H3,(H,34,35). The van der Waals surface area contributed by atoms with Gasteiger partial charge in [-0.1, -0.05) is 88.4 Å². The summed E-state index contributed by atoms with van der Waals surface area (Å²) < 4.78 is 8.27. The van der Waals surface area contributed by atoms with Gasteiger partial charge in [0, 0.05) is 33.7 Å². The van der Waals surface area contributed by atoms with Gasteiger partial charge in [-0.15, -0.1) is 0 Å². The molecule has 0 fully saturated rings. The summed E-state index contributed by atoms with van der Waals surface area (Å²) in [5, 5.41) is 11.3. The second-order valence-corrected chi connectivity index (χ2v) is 10.8. The molecular weight excluding hydrogens is 470 g/mol. The van der Waals surface area contributed by atoms with Crippen LogP contribution in [0.1, 0.15) is 90.7 Å². The van der Waals surface area contributed by atoms with Gasteiger partial charge >= 0.3 is 5.97 Å². The molecule has 0 unspecified atom stereocenters. The average molecular weight is 512 g/mol. The molecule has 0 atom stereocenters. The lowest BCUT2D eigenvalue weighted by atomic mass is 10.0. The van der Waals surface area contributed by atoms with Crippen molar-refractivity contribution >= 4 is 28.5 Å². The highest BCUT2D eigenvalue weighted by Crippen LogP contribution is 2.38. The number of unbranched alkanes of at least 4 members (excludes halogenated alkanes) is 9. The van der Waals surface area contributed by atoms with Crippen LogP contribution in [0.4, 0.5) is 0 Å². The van der Waals surface area contributed by atoms with Crippen LogP contribution in [0.15, 0.2) is 42.5 Å². The van der Waals surface area contributed by atoms with Crippen molar-refractivity contribution in [1.29, 1.82) is 0 Å². The normalized spacial score (nSPS) is 11.8. The van der Waals surface area contributed by atoms with E-state index in [9.17, 15) is 9.90 Å². The number of carbonyl (C=O) groups is 1. The number of hydrogen-bond acceptors (Lipinski definition) is 2. The van der Waals surface area contributed by atoms with Gasteiger partial charge in [-0.2, -0.15) is 0 Å². The van der Waals surface area contributed by atoms with Gasteiger partial charge in [0.15, 0.2) is 5.60 Å². The van der Waals surface area contributed by atoms with Crippen LogP contribution in [-0.2, 0) is 11.3 Å². The predicted molar refractivity (Wildman–Crippen MR) is 151 cm³/mol. The smallest absolute Gasteiger partial charge is 0.347 e. The Balaban J connectivity index is 1.76. The first-order valence-corrected chi connectivity index (χ1v) is 13.9. The number of carboxylic acid groups (broad SMARTS) is 1. The second kappa shape index (κ2) is 13.2. The van der Waals surface area contributed by atoms with E-state index in [1.807, 2.05) is 36.4 Å². The van der Waals surface area contributed by atoms with Gasteiger partial charge in [-0.05, 0) is 63.1 Å². The van der Waals surface area contributed by atoms with Crippen LogP contribution in [0, 0.1) is 6.92 Å². The molecule has 36 heavy (non-hydrogen) atoms. The number of halogens is 1. The van der Waals surface area contributed by atoms with Gasteiger partial charge in [-0.3, -0.25) is 0 Å². The molecule has 5 heteroatoms. The first kappa shape index (κ1) is 28.1. The third kappa shape index (κ3) is 7.29. The van der Waals surface area contributed by atoms with E-state index in [0.29, 0.717) is 10.8 Å². The van der Waals surface area contributed by atoms with Crippen LogP contribution in [-0.4, -0.2) is 21.2 Å². The van der Waals surface area contributed by atoms with Crippen molar-refractivity contribution in [2.45, 2.75) is 104 Å². The van der Waals surface area contributed by atoms with Crippen LogP contribution in [0.5, 0.6) is 5.75 Å². The van der Waals surface area contributed by atoms with E-state index in [1.165, 1.54) is 63.5 Å². The molecule has 0 radical (unpaired) electrons. The van der Waals surface area contributed by atoms with Crippen LogP contribution in [0.3, 0.4) is 0 Å². The molecule has 196 valence electrons. The van der Waals surface area contributed by atoms with Gasteiger partial charge < -0.3 is 14.4 Å². The van der Waals surface area contributed by atoms with Gasteiger partial charge in [-0.25, -0.2) is 4.79 Å². The van der Waals surface area contributed by atoms with Crippen molar-refractivity contribution in [2.75, 3.05) is 0 Å². The van der Waals surface area contributed by atoms with E-state index in [-0.39, 0.29) is 0 Å². The summed E-state index contributed by atoms with van der Waals surface area (Å²) in [6.45, 7) is 8.54. The summed E-state index contributed by atoms with van der Waals surface area (Å²) in [6, 6.07) is 13.8. The number of aromatic nitrogens is 1. The Kier molecular flexibility index (Phi) is 10.3. The topological polar surface area (TPSA) is 51.5 Å². The minimum absolute atomic E-state index is 0.557. The molecule has 0 aliphatic carbocycles. The van der Waals surface area contributed by atoms with E-state index in [1.54, 1.807) is 13.8 Å². The lowest BCUT2D eigenvalue weighted by Crippen LogP contribution is -2.37. The minimum Gasteiger partial charge on any atom is -0.478 e. The summed E-state index contributed by atoms with van der Waals surface area (Å²) in [6.07, 6.45) is 13.2. The number of ether oxygens (including phenoxy) is 1. The highest BCUT2D eigenvalue weighted by Gasteiger charge is 2.29. The highest BCUT2D eigenvalue weighted by molar-refractivity contribution is 6.30. The molecule has 0 aliphatic rings. The van der Waals surface area contributed by atoms with E-state index in [2.05, 4.69) is 24.5 Å². The van der Waals surface area contributed by atoms with Crippen LogP contribution in [0.25, 0.3) is 22.0 Å². The molecule has 0 saturated carbocycles. The SMILES string of the molecule is CCCCCCCCCCCCn1c(C)c(-c2ccc(Cl)cc2)c2cc(OC(C)(C)C(=O)O)ccc21. The number of fused-ring (bicyclic) bond motifs is 1. The summed E-state index contributed by atoms with van der Waals surface area (Å²) in [5.41, 5.74) is 3.29. The molecule has 4 nitrogen and oxygen atoms in total. The number of carboxylic acids is 1.